The van der Waals surface area contributed by atoms with E-state index in [1.54, 1.807) is 6.07 Å². The van der Waals surface area contributed by atoms with Gasteiger partial charge in [0.25, 0.3) is 0 Å². The van der Waals surface area contributed by atoms with Crippen molar-refractivity contribution >= 4 is 38.6 Å². The van der Waals surface area contributed by atoms with Crippen molar-refractivity contribution in [2.24, 2.45) is 0 Å². The lowest BCUT2D eigenvalue weighted by Crippen LogP contribution is -1.85. The van der Waals surface area contributed by atoms with E-state index in [0.29, 0.717) is 26.4 Å². The average Bonchev–Trinajstić information content (AvgIpc) is 2.76. The second kappa shape index (κ2) is 4.62. The first-order valence-corrected chi connectivity index (χ1v) is 6.83. The number of nitrogens with zero attached hydrogens (tertiary/aromatic N) is 1. The first kappa shape index (κ1) is 12.6. The van der Waals surface area contributed by atoms with Crippen molar-refractivity contribution in [2.45, 2.75) is 6.92 Å². The fraction of sp³-hybridized carbons (Fsp3) is 0.0714. The molecule has 0 aliphatic carbocycles. The number of H-pyrrole nitrogens is 1. The standard InChI is InChI=1S/C14H9BrClFN2/c1-7-8(3-2-4-10(7)16)14-18-12-5-9(15)11(17)6-13(12)19-14/h2-6H,1H3,(H,18,19). The molecule has 0 aliphatic rings. The maximum atomic E-state index is 13.5. The molecule has 0 aliphatic heterocycles. The molecule has 1 N–H and O–H groups in total. The van der Waals surface area contributed by atoms with E-state index >= 15 is 0 Å². The Bertz CT molecular complexity index is 743. The van der Waals surface area contributed by atoms with Gasteiger partial charge in [0.1, 0.15) is 11.6 Å². The van der Waals surface area contributed by atoms with Gasteiger partial charge in [-0.15, -0.1) is 0 Å². The van der Waals surface area contributed by atoms with Gasteiger partial charge >= 0.3 is 0 Å². The van der Waals surface area contributed by atoms with Crippen LogP contribution in [0, 0.1) is 12.7 Å². The molecule has 0 bridgehead atoms. The highest BCUT2D eigenvalue weighted by Gasteiger charge is 2.11. The fourth-order valence-corrected chi connectivity index (χ4v) is 2.50. The van der Waals surface area contributed by atoms with Crippen LogP contribution >= 0.6 is 27.5 Å². The molecular weight excluding hydrogens is 331 g/mol. The smallest absolute Gasteiger partial charge is 0.139 e. The molecule has 2 aromatic carbocycles. The van der Waals surface area contributed by atoms with E-state index in [1.165, 1.54) is 6.07 Å². The number of benzene rings is 2. The molecule has 5 heteroatoms. The minimum Gasteiger partial charge on any atom is -0.338 e. The van der Waals surface area contributed by atoms with Gasteiger partial charge in [-0.1, -0.05) is 23.7 Å². The van der Waals surface area contributed by atoms with Crippen LogP contribution < -0.4 is 0 Å². The average molecular weight is 340 g/mol. The SMILES string of the molecule is Cc1c(Cl)cccc1-c1nc2cc(Br)c(F)cc2[nH]1. The predicted octanol–water partition coefficient (Wildman–Crippen LogP) is 5.09. The quantitative estimate of drug-likeness (QED) is 0.657. The molecule has 0 fully saturated rings. The van der Waals surface area contributed by atoms with Crippen molar-refractivity contribution < 1.29 is 4.39 Å². The maximum absolute atomic E-state index is 13.5. The number of aromatic nitrogens is 2. The van der Waals surface area contributed by atoms with Crippen LogP contribution in [-0.4, -0.2) is 9.97 Å². The van der Waals surface area contributed by atoms with Gasteiger partial charge in [-0.2, -0.15) is 0 Å². The van der Waals surface area contributed by atoms with E-state index < -0.39 is 0 Å². The molecule has 0 amide bonds. The summed E-state index contributed by atoms with van der Waals surface area (Å²) in [5.41, 5.74) is 3.24. The molecule has 96 valence electrons. The summed E-state index contributed by atoms with van der Waals surface area (Å²) in [5.74, 6) is 0.373. The van der Waals surface area contributed by atoms with E-state index in [1.807, 2.05) is 25.1 Å². The number of fused-ring (bicyclic) bond motifs is 1. The predicted molar refractivity (Wildman–Crippen MR) is 78.9 cm³/mol. The van der Waals surface area contributed by atoms with E-state index in [4.69, 9.17) is 11.6 Å². The minimum absolute atomic E-state index is 0.314. The first-order valence-electron chi connectivity index (χ1n) is 5.66. The van der Waals surface area contributed by atoms with E-state index in [0.717, 1.165) is 11.1 Å². The summed E-state index contributed by atoms with van der Waals surface area (Å²) < 4.78 is 13.9. The van der Waals surface area contributed by atoms with Gasteiger partial charge in [0, 0.05) is 16.7 Å². The summed E-state index contributed by atoms with van der Waals surface area (Å²) in [4.78, 5) is 7.59. The molecule has 3 rings (SSSR count). The van der Waals surface area contributed by atoms with Gasteiger partial charge in [-0.05, 0) is 40.5 Å². The molecule has 0 saturated carbocycles. The zero-order valence-electron chi connectivity index (χ0n) is 9.97. The number of imidazole rings is 1. The molecule has 0 saturated heterocycles. The van der Waals surface area contributed by atoms with Crippen LogP contribution in [0.2, 0.25) is 5.02 Å². The van der Waals surface area contributed by atoms with Crippen LogP contribution in [0.4, 0.5) is 4.39 Å². The molecule has 0 unspecified atom stereocenters. The molecule has 1 heterocycles. The van der Waals surface area contributed by atoms with Crippen LogP contribution in [0.5, 0.6) is 0 Å². The summed E-state index contributed by atoms with van der Waals surface area (Å²) in [6, 6.07) is 8.72. The van der Waals surface area contributed by atoms with Crippen molar-refractivity contribution in [3.05, 3.63) is 51.2 Å². The van der Waals surface area contributed by atoms with Gasteiger partial charge in [-0.3, -0.25) is 0 Å². The Morgan fingerprint density at radius 2 is 2.11 bits per heavy atom. The molecule has 0 radical (unpaired) electrons. The number of hydrogen-bond acceptors (Lipinski definition) is 1. The number of aromatic amines is 1. The van der Waals surface area contributed by atoms with Gasteiger partial charge < -0.3 is 4.98 Å². The first-order chi connectivity index (χ1) is 9.06. The van der Waals surface area contributed by atoms with Crippen LogP contribution in [-0.2, 0) is 0 Å². The van der Waals surface area contributed by atoms with Crippen molar-refractivity contribution in [1.29, 1.82) is 0 Å². The van der Waals surface area contributed by atoms with E-state index in [2.05, 4.69) is 25.9 Å². The van der Waals surface area contributed by atoms with Crippen LogP contribution in [0.3, 0.4) is 0 Å². The lowest BCUT2D eigenvalue weighted by atomic mass is 10.1. The Hall–Kier alpha value is -1.39. The zero-order chi connectivity index (χ0) is 13.6. The number of rotatable bonds is 1. The third kappa shape index (κ3) is 2.15. The third-order valence-electron chi connectivity index (χ3n) is 3.05. The van der Waals surface area contributed by atoms with Crippen LogP contribution in [0.1, 0.15) is 5.56 Å². The third-order valence-corrected chi connectivity index (χ3v) is 4.06. The molecule has 1 aromatic heterocycles. The molecule has 3 aromatic rings. The maximum Gasteiger partial charge on any atom is 0.139 e. The molecule has 2 nitrogen and oxygen atoms in total. The molecular formula is C14H9BrClFN2. The van der Waals surface area contributed by atoms with Crippen molar-refractivity contribution in [1.82, 2.24) is 9.97 Å². The topological polar surface area (TPSA) is 28.7 Å². The number of nitrogens with one attached hydrogen (secondary N) is 1. The highest BCUT2D eigenvalue weighted by molar-refractivity contribution is 9.10. The summed E-state index contributed by atoms with van der Waals surface area (Å²) >= 11 is 9.26. The second-order valence-electron chi connectivity index (χ2n) is 4.28. The van der Waals surface area contributed by atoms with Gasteiger partial charge in [0.15, 0.2) is 0 Å². The van der Waals surface area contributed by atoms with Gasteiger partial charge in [-0.25, -0.2) is 9.37 Å². The fourth-order valence-electron chi connectivity index (χ4n) is 2.00. The highest BCUT2D eigenvalue weighted by Crippen LogP contribution is 2.29. The largest absolute Gasteiger partial charge is 0.338 e. The Kier molecular flexibility index (Phi) is 3.07. The second-order valence-corrected chi connectivity index (χ2v) is 5.54. The zero-order valence-corrected chi connectivity index (χ0v) is 12.3. The highest BCUT2D eigenvalue weighted by atomic mass is 79.9. The molecule has 19 heavy (non-hydrogen) atoms. The Balaban J connectivity index is 2.23. The number of hydrogen-bond donors (Lipinski definition) is 1. The Labute approximate surface area is 122 Å². The normalized spacial score (nSPS) is 11.2. The summed E-state index contributed by atoms with van der Waals surface area (Å²) in [6.07, 6.45) is 0. The molecule has 0 spiro atoms. The minimum atomic E-state index is -0.314. The number of halogens is 3. The van der Waals surface area contributed by atoms with Crippen LogP contribution in [0.25, 0.3) is 22.4 Å². The monoisotopic (exact) mass is 338 g/mol. The summed E-state index contributed by atoms with van der Waals surface area (Å²) in [6.45, 7) is 1.93. The van der Waals surface area contributed by atoms with E-state index in [9.17, 15) is 4.39 Å². The molecule has 0 atom stereocenters. The van der Waals surface area contributed by atoms with Crippen molar-refractivity contribution in [3.8, 4) is 11.4 Å². The Morgan fingerprint density at radius 1 is 1.32 bits per heavy atom. The van der Waals surface area contributed by atoms with Gasteiger partial charge in [0.05, 0.1) is 15.5 Å². The van der Waals surface area contributed by atoms with Gasteiger partial charge in [0.2, 0.25) is 0 Å². The lowest BCUT2D eigenvalue weighted by molar-refractivity contribution is 0.623. The summed E-state index contributed by atoms with van der Waals surface area (Å²) in [7, 11) is 0. The van der Waals surface area contributed by atoms with Crippen molar-refractivity contribution in [2.75, 3.05) is 0 Å². The van der Waals surface area contributed by atoms with E-state index in [-0.39, 0.29) is 5.82 Å². The van der Waals surface area contributed by atoms with Crippen LogP contribution in [0.15, 0.2) is 34.8 Å². The van der Waals surface area contributed by atoms with Crippen molar-refractivity contribution in [3.63, 3.8) is 0 Å². The Morgan fingerprint density at radius 3 is 2.89 bits per heavy atom. The summed E-state index contributed by atoms with van der Waals surface area (Å²) in [5, 5.41) is 0.685. The lowest BCUT2D eigenvalue weighted by Gasteiger charge is -2.03.